The summed E-state index contributed by atoms with van der Waals surface area (Å²) < 4.78 is 0. The SMILES string of the molecule is C=CC(C)N1C(=O)C(CC)NC(=O)C1C. The molecule has 3 atom stereocenters. The Morgan fingerprint density at radius 1 is 1.60 bits per heavy atom. The third-order valence-electron chi connectivity index (χ3n) is 2.85. The van der Waals surface area contributed by atoms with Gasteiger partial charge in [-0.25, -0.2) is 0 Å². The van der Waals surface area contributed by atoms with Crippen molar-refractivity contribution in [2.45, 2.75) is 45.3 Å². The number of carbonyl (C=O) groups excluding carboxylic acids is 2. The van der Waals surface area contributed by atoms with Gasteiger partial charge < -0.3 is 10.2 Å². The van der Waals surface area contributed by atoms with Gasteiger partial charge in [0.15, 0.2) is 0 Å². The first-order valence-corrected chi connectivity index (χ1v) is 5.28. The van der Waals surface area contributed by atoms with Crippen molar-refractivity contribution < 1.29 is 9.59 Å². The lowest BCUT2D eigenvalue weighted by molar-refractivity contribution is -0.150. The Balaban J connectivity index is 2.94. The van der Waals surface area contributed by atoms with E-state index in [1.54, 1.807) is 17.9 Å². The monoisotopic (exact) mass is 210 g/mol. The number of hydrogen-bond donors (Lipinski definition) is 1. The van der Waals surface area contributed by atoms with Crippen molar-refractivity contribution in [1.29, 1.82) is 0 Å². The van der Waals surface area contributed by atoms with E-state index in [1.807, 2.05) is 13.8 Å². The van der Waals surface area contributed by atoms with Crippen LogP contribution in [0.25, 0.3) is 0 Å². The van der Waals surface area contributed by atoms with Gasteiger partial charge in [-0.05, 0) is 20.3 Å². The van der Waals surface area contributed by atoms with Crippen LogP contribution in [0, 0.1) is 0 Å². The Kier molecular flexibility index (Phi) is 3.50. The minimum Gasteiger partial charge on any atom is -0.343 e. The van der Waals surface area contributed by atoms with Gasteiger partial charge in [0.25, 0.3) is 0 Å². The van der Waals surface area contributed by atoms with E-state index < -0.39 is 6.04 Å². The summed E-state index contributed by atoms with van der Waals surface area (Å²) in [6, 6.07) is -0.892. The largest absolute Gasteiger partial charge is 0.343 e. The molecule has 15 heavy (non-hydrogen) atoms. The molecule has 0 aromatic carbocycles. The van der Waals surface area contributed by atoms with Gasteiger partial charge in [-0.1, -0.05) is 13.0 Å². The molecule has 1 rings (SSSR count). The van der Waals surface area contributed by atoms with Crippen LogP contribution in [0.1, 0.15) is 27.2 Å². The predicted molar refractivity (Wildman–Crippen MR) is 58.2 cm³/mol. The van der Waals surface area contributed by atoms with Gasteiger partial charge in [-0.15, -0.1) is 6.58 Å². The molecule has 84 valence electrons. The zero-order valence-electron chi connectivity index (χ0n) is 9.49. The second-order valence-corrected chi connectivity index (χ2v) is 3.87. The summed E-state index contributed by atoms with van der Waals surface area (Å²) in [5.74, 6) is -0.104. The van der Waals surface area contributed by atoms with Gasteiger partial charge in [0.1, 0.15) is 12.1 Å². The smallest absolute Gasteiger partial charge is 0.246 e. The zero-order chi connectivity index (χ0) is 11.6. The lowest BCUT2D eigenvalue weighted by atomic mass is 10.0. The Labute approximate surface area is 90.3 Å². The quantitative estimate of drug-likeness (QED) is 0.697. The van der Waals surface area contributed by atoms with Crippen molar-refractivity contribution in [3.63, 3.8) is 0 Å². The summed E-state index contributed by atoms with van der Waals surface area (Å²) >= 11 is 0. The van der Waals surface area contributed by atoms with Crippen molar-refractivity contribution in [2.24, 2.45) is 0 Å². The van der Waals surface area contributed by atoms with Crippen molar-refractivity contribution >= 4 is 11.8 Å². The molecule has 4 nitrogen and oxygen atoms in total. The lowest BCUT2D eigenvalue weighted by Crippen LogP contribution is -2.63. The lowest BCUT2D eigenvalue weighted by Gasteiger charge is -2.39. The van der Waals surface area contributed by atoms with E-state index in [2.05, 4.69) is 11.9 Å². The highest BCUT2D eigenvalue weighted by molar-refractivity contribution is 5.96. The molecule has 1 aliphatic rings. The van der Waals surface area contributed by atoms with Gasteiger partial charge in [-0.2, -0.15) is 0 Å². The summed E-state index contributed by atoms with van der Waals surface area (Å²) in [6.07, 6.45) is 2.30. The number of nitrogens with zero attached hydrogens (tertiary/aromatic N) is 1. The maximum absolute atomic E-state index is 12.0. The number of amides is 2. The van der Waals surface area contributed by atoms with Gasteiger partial charge >= 0.3 is 0 Å². The molecule has 3 unspecified atom stereocenters. The Morgan fingerprint density at radius 3 is 2.67 bits per heavy atom. The molecule has 0 saturated carbocycles. The van der Waals surface area contributed by atoms with Crippen molar-refractivity contribution in [3.05, 3.63) is 12.7 Å². The van der Waals surface area contributed by atoms with E-state index in [0.29, 0.717) is 6.42 Å². The molecule has 4 heteroatoms. The Hall–Kier alpha value is -1.32. The first kappa shape index (κ1) is 11.8. The molecule has 1 heterocycles. The molecule has 0 aliphatic carbocycles. The summed E-state index contributed by atoms with van der Waals surface area (Å²) in [5.41, 5.74) is 0. The maximum Gasteiger partial charge on any atom is 0.246 e. The van der Waals surface area contributed by atoms with Gasteiger partial charge in [-0.3, -0.25) is 9.59 Å². The molecule has 1 saturated heterocycles. The van der Waals surface area contributed by atoms with Crippen molar-refractivity contribution in [3.8, 4) is 0 Å². The number of carbonyl (C=O) groups is 2. The molecule has 0 radical (unpaired) electrons. The van der Waals surface area contributed by atoms with E-state index in [1.165, 1.54) is 0 Å². The molecule has 1 aliphatic heterocycles. The Morgan fingerprint density at radius 2 is 2.20 bits per heavy atom. The summed E-state index contributed by atoms with van der Waals surface area (Å²) in [6.45, 7) is 9.14. The average molecular weight is 210 g/mol. The fourth-order valence-corrected chi connectivity index (χ4v) is 1.79. The number of rotatable bonds is 3. The van der Waals surface area contributed by atoms with E-state index in [9.17, 15) is 9.59 Å². The van der Waals surface area contributed by atoms with Crippen molar-refractivity contribution in [2.75, 3.05) is 0 Å². The number of hydrogen-bond acceptors (Lipinski definition) is 2. The predicted octanol–water partition coefficient (Wildman–Crippen LogP) is 0.686. The second-order valence-electron chi connectivity index (χ2n) is 3.87. The summed E-state index contributed by atoms with van der Waals surface area (Å²) in [4.78, 5) is 25.2. The molecule has 0 bridgehead atoms. The normalized spacial score (nSPS) is 28.6. The van der Waals surface area contributed by atoms with Crippen LogP contribution in [0.3, 0.4) is 0 Å². The molecule has 1 fully saturated rings. The second kappa shape index (κ2) is 4.47. The maximum atomic E-state index is 12.0. The van der Waals surface area contributed by atoms with Crippen LogP contribution in [-0.4, -0.2) is 34.8 Å². The first-order valence-electron chi connectivity index (χ1n) is 5.28. The van der Waals surface area contributed by atoms with E-state index >= 15 is 0 Å². The van der Waals surface area contributed by atoms with Gasteiger partial charge in [0.2, 0.25) is 11.8 Å². The van der Waals surface area contributed by atoms with Gasteiger partial charge in [0, 0.05) is 6.04 Å². The number of piperazine rings is 1. The minimum absolute atomic E-state index is 0.0167. The molecular formula is C11H18N2O2. The Bertz CT molecular complexity index is 288. The summed E-state index contributed by atoms with van der Waals surface area (Å²) in [5, 5.41) is 2.71. The third-order valence-corrected chi connectivity index (χ3v) is 2.85. The molecule has 0 aromatic rings. The highest BCUT2D eigenvalue weighted by atomic mass is 16.2. The highest BCUT2D eigenvalue weighted by Gasteiger charge is 2.38. The summed E-state index contributed by atoms with van der Waals surface area (Å²) in [7, 11) is 0. The van der Waals surface area contributed by atoms with Crippen LogP contribution < -0.4 is 5.32 Å². The van der Waals surface area contributed by atoms with E-state index in [-0.39, 0.29) is 23.9 Å². The fraction of sp³-hybridized carbons (Fsp3) is 0.636. The van der Waals surface area contributed by atoms with Crippen LogP contribution in [-0.2, 0) is 9.59 Å². The molecular weight excluding hydrogens is 192 g/mol. The number of nitrogens with one attached hydrogen (secondary N) is 1. The standard InChI is InChI=1S/C11H18N2O2/c1-5-7(3)13-8(4)10(14)12-9(6-2)11(13)15/h5,7-9H,1,6H2,2-4H3,(H,12,14). The topological polar surface area (TPSA) is 49.4 Å². The van der Waals surface area contributed by atoms with Gasteiger partial charge in [0.05, 0.1) is 0 Å². The molecule has 0 spiro atoms. The molecule has 0 aromatic heterocycles. The van der Waals surface area contributed by atoms with Crippen LogP contribution in [0.5, 0.6) is 0 Å². The van der Waals surface area contributed by atoms with E-state index in [4.69, 9.17) is 0 Å². The van der Waals surface area contributed by atoms with E-state index in [0.717, 1.165) is 0 Å². The van der Waals surface area contributed by atoms with Crippen LogP contribution >= 0.6 is 0 Å². The van der Waals surface area contributed by atoms with Crippen LogP contribution in [0.2, 0.25) is 0 Å². The first-order chi connectivity index (χ1) is 7.02. The third kappa shape index (κ3) is 2.03. The van der Waals surface area contributed by atoms with Crippen molar-refractivity contribution in [1.82, 2.24) is 10.2 Å². The van der Waals surface area contributed by atoms with Crippen LogP contribution in [0.15, 0.2) is 12.7 Å². The zero-order valence-corrected chi connectivity index (χ0v) is 9.49. The minimum atomic E-state index is -0.409. The fourth-order valence-electron chi connectivity index (χ4n) is 1.79. The molecule has 2 amide bonds. The molecule has 1 N–H and O–H groups in total. The average Bonchev–Trinajstić information content (AvgIpc) is 2.23. The highest BCUT2D eigenvalue weighted by Crippen LogP contribution is 2.15. The van der Waals surface area contributed by atoms with Crippen LogP contribution in [0.4, 0.5) is 0 Å².